The molecule has 4 aromatic rings. The maximum absolute atomic E-state index is 13.6. The van der Waals surface area contributed by atoms with Gasteiger partial charge in [0.2, 0.25) is 5.82 Å². The first-order chi connectivity index (χ1) is 15.1. The number of hydrogen-bond donors (Lipinski definition) is 1. The predicted molar refractivity (Wildman–Crippen MR) is 112 cm³/mol. The monoisotopic (exact) mass is 421 g/mol. The summed E-state index contributed by atoms with van der Waals surface area (Å²) in [6.07, 6.45) is 6.60. The second kappa shape index (κ2) is 7.00. The third-order valence-corrected chi connectivity index (χ3v) is 6.52. The molecule has 2 aliphatic rings. The third-order valence-electron chi connectivity index (χ3n) is 6.52. The Hall–Kier alpha value is -3.04. The minimum absolute atomic E-state index is 0.0170. The van der Waals surface area contributed by atoms with Crippen LogP contribution in [0.15, 0.2) is 39.9 Å². The van der Waals surface area contributed by atoms with Gasteiger partial charge >= 0.3 is 0 Å². The van der Waals surface area contributed by atoms with Gasteiger partial charge in [0.1, 0.15) is 23.1 Å². The second-order valence-electron chi connectivity index (χ2n) is 8.51. The number of benzene rings is 1. The zero-order valence-electron chi connectivity index (χ0n) is 17.0. The van der Waals surface area contributed by atoms with Crippen molar-refractivity contribution in [1.82, 2.24) is 24.1 Å². The lowest BCUT2D eigenvalue weighted by Crippen LogP contribution is -2.28. The molecule has 9 heteroatoms. The van der Waals surface area contributed by atoms with E-state index in [9.17, 15) is 9.90 Å². The van der Waals surface area contributed by atoms with Gasteiger partial charge in [-0.15, -0.1) is 0 Å². The maximum Gasteiger partial charge on any atom is 0.277 e. The average Bonchev–Trinajstić information content (AvgIpc) is 3.58. The molecule has 1 atom stereocenters. The molecule has 1 aliphatic carbocycles. The normalized spacial score (nSPS) is 20.9. The lowest BCUT2D eigenvalue weighted by Gasteiger charge is -2.16. The van der Waals surface area contributed by atoms with Crippen LogP contribution in [0.4, 0.5) is 0 Å². The van der Waals surface area contributed by atoms with Crippen LogP contribution in [-0.4, -0.2) is 41.9 Å². The number of imidazole rings is 1. The Morgan fingerprint density at radius 2 is 1.97 bits per heavy atom. The van der Waals surface area contributed by atoms with E-state index in [2.05, 4.69) is 15.1 Å². The van der Waals surface area contributed by atoms with Crippen LogP contribution in [0.1, 0.15) is 44.4 Å². The highest BCUT2D eigenvalue weighted by molar-refractivity contribution is 5.83. The van der Waals surface area contributed by atoms with E-state index in [4.69, 9.17) is 9.26 Å². The largest absolute Gasteiger partial charge is 0.380 e. The summed E-state index contributed by atoms with van der Waals surface area (Å²) in [5.41, 5.74) is 1.18. The van der Waals surface area contributed by atoms with Crippen LogP contribution in [0.3, 0.4) is 0 Å². The molecule has 2 fully saturated rings. The minimum Gasteiger partial charge on any atom is -0.380 e. The molecule has 0 radical (unpaired) electrons. The van der Waals surface area contributed by atoms with Crippen molar-refractivity contribution in [2.45, 2.75) is 56.8 Å². The van der Waals surface area contributed by atoms with Gasteiger partial charge < -0.3 is 18.9 Å². The molecule has 31 heavy (non-hydrogen) atoms. The van der Waals surface area contributed by atoms with Crippen molar-refractivity contribution in [3.63, 3.8) is 0 Å². The van der Waals surface area contributed by atoms with Crippen molar-refractivity contribution < 1.29 is 14.4 Å². The smallest absolute Gasteiger partial charge is 0.277 e. The van der Waals surface area contributed by atoms with Gasteiger partial charge in [-0.3, -0.25) is 9.20 Å². The van der Waals surface area contributed by atoms with Gasteiger partial charge in [0.15, 0.2) is 0 Å². The van der Waals surface area contributed by atoms with E-state index in [0.717, 1.165) is 43.3 Å². The van der Waals surface area contributed by atoms with Crippen LogP contribution in [0, 0.1) is 0 Å². The predicted octanol–water partition coefficient (Wildman–Crippen LogP) is 2.64. The summed E-state index contributed by atoms with van der Waals surface area (Å²) >= 11 is 0. The maximum atomic E-state index is 13.6. The molecule has 1 saturated heterocycles. The van der Waals surface area contributed by atoms with Crippen LogP contribution >= 0.6 is 0 Å². The Morgan fingerprint density at radius 3 is 2.74 bits per heavy atom. The molecule has 6 rings (SSSR count). The molecule has 1 N–H and O–H groups in total. The molecule has 1 aliphatic heterocycles. The van der Waals surface area contributed by atoms with Crippen LogP contribution in [-0.2, 0) is 16.9 Å². The summed E-state index contributed by atoms with van der Waals surface area (Å²) in [5, 5.41) is 14.8. The summed E-state index contributed by atoms with van der Waals surface area (Å²) in [5.74, 6) is 0.412. The van der Waals surface area contributed by atoms with E-state index < -0.39 is 5.60 Å². The van der Waals surface area contributed by atoms with Crippen molar-refractivity contribution in [1.29, 1.82) is 0 Å². The van der Waals surface area contributed by atoms with Gasteiger partial charge in [-0.2, -0.15) is 4.98 Å². The Balaban J connectivity index is 1.53. The van der Waals surface area contributed by atoms with Crippen molar-refractivity contribution >= 4 is 16.6 Å². The summed E-state index contributed by atoms with van der Waals surface area (Å²) in [6.45, 7) is 1.21. The van der Waals surface area contributed by atoms with Gasteiger partial charge in [-0.1, -0.05) is 17.3 Å². The molecular weight excluding hydrogens is 398 g/mol. The number of nitrogens with zero attached hydrogens (tertiary/aromatic N) is 5. The quantitative estimate of drug-likeness (QED) is 0.540. The van der Waals surface area contributed by atoms with Crippen LogP contribution < -0.4 is 5.56 Å². The second-order valence-corrected chi connectivity index (χ2v) is 8.51. The zero-order chi connectivity index (χ0) is 21.0. The first-order valence-electron chi connectivity index (χ1n) is 10.8. The number of hydrogen-bond acceptors (Lipinski definition) is 7. The average molecular weight is 421 g/mol. The fraction of sp³-hybridized carbons (Fsp3) is 0.455. The molecular formula is C22H23N5O4. The van der Waals surface area contributed by atoms with E-state index >= 15 is 0 Å². The van der Waals surface area contributed by atoms with Gasteiger partial charge in [0.05, 0.1) is 23.7 Å². The molecule has 0 amide bonds. The first-order valence-corrected chi connectivity index (χ1v) is 10.8. The fourth-order valence-corrected chi connectivity index (χ4v) is 4.89. The summed E-state index contributed by atoms with van der Waals surface area (Å²) < 4.78 is 14.7. The molecule has 1 unspecified atom stereocenters. The van der Waals surface area contributed by atoms with E-state index in [1.165, 1.54) is 0 Å². The minimum atomic E-state index is -1.09. The van der Waals surface area contributed by atoms with E-state index in [-0.39, 0.29) is 23.4 Å². The SMILES string of the molecule is O=c1c2c(-c3noc(C4(O)CCCC4)n3)ncn2c2ccccc2n1CC1CCCO1. The number of aliphatic hydroxyl groups is 1. The van der Waals surface area contributed by atoms with Crippen LogP contribution in [0.5, 0.6) is 0 Å². The van der Waals surface area contributed by atoms with E-state index in [0.29, 0.717) is 30.6 Å². The molecule has 1 aromatic carbocycles. The summed E-state index contributed by atoms with van der Waals surface area (Å²) in [6, 6.07) is 7.75. The molecule has 9 nitrogen and oxygen atoms in total. The molecule has 0 bridgehead atoms. The Bertz CT molecular complexity index is 1320. The summed E-state index contributed by atoms with van der Waals surface area (Å²) in [7, 11) is 0. The van der Waals surface area contributed by atoms with Crippen molar-refractivity contribution in [2.75, 3.05) is 6.61 Å². The molecule has 3 aromatic heterocycles. The van der Waals surface area contributed by atoms with E-state index in [1.807, 2.05) is 24.3 Å². The molecule has 4 heterocycles. The highest BCUT2D eigenvalue weighted by Crippen LogP contribution is 2.38. The standard InChI is InChI=1S/C22H23N5O4/c28-20-18-17(19-24-21(31-25-19)22(29)9-3-4-10-22)23-13-27(18)16-8-2-1-7-15(16)26(20)12-14-6-5-11-30-14/h1-2,7-8,13-14,29H,3-6,9-12H2. The lowest BCUT2D eigenvalue weighted by molar-refractivity contribution is 0.0112. The van der Waals surface area contributed by atoms with Crippen LogP contribution in [0.25, 0.3) is 28.1 Å². The highest BCUT2D eigenvalue weighted by Gasteiger charge is 2.39. The number of aromatic nitrogens is 5. The molecule has 1 saturated carbocycles. The first kappa shape index (κ1) is 18.7. The van der Waals surface area contributed by atoms with Crippen molar-refractivity contribution in [3.05, 3.63) is 46.8 Å². The van der Waals surface area contributed by atoms with Gasteiger partial charge in [0.25, 0.3) is 11.4 Å². The number of para-hydroxylation sites is 2. The topological polar surface area (TPSA) is 108 Å². The van der Waals surface area contributed by atoms with Gasteiger partial charge in [-0.25, -0.2) is 4.98 Å². The van der Waals surface area contributed by atoms with Crippen molar-refractivity contribution in [2.24, 2.45) is 0 Å². The van der Waals surface area contributed by atoms with Gasteiger partial charge in [-0.05, 0) is 50.7 Å². The fourth-order valence-electron chi connectivity index (χ4n) is 4.89. The van der Waals surface area contributed by atoms with E-state index in [1.54, 1.807) is 15.3 Å². The van der Waals surface area contributed by atoms with Gasteiger partial charge in [0, 0.05) is 6.61 Å². The number of rotatable bonds is 4. The van der Waals surface area contributed by atoms with Crippen LogP contribution in [0.2, 0.25) is 0 Å². The Kier molecular flexibility index (Phi) is 4.22. The molecule has 160 valence electrons. The molecule has 0 spiro atoms. The number of ether oxygens (including phenoxy) is 1. The number of fused-ring (bicyclic) bond motifs is 3. The highest BCUT2D eigenvalue weighted by atomic mass is 16.5. The Morgan fingerprint density at radius 1 is 1.16 bits per heavy atom. The summed E-state index contributed by atoms with van der Waals surface area (Å²) in [4.78, 5) is 22.5. The lowest BCUT2D eigenvalue weighted by atomic mass is 10.0. The Labute approximate surface area is 177 Å². The van der Waals surface area contributed by atoms with Crippen molar-refractivity contribution in [3.8, 4) is 11.5 Å². The zero-order valence-corrected chi connectivity index (χ0v) is 17.0. The third kappa shape index (κ3) is 2.91.